The van der Waals surface area contributed by atoms with Crippen LogP contribution >= 0.6 is 12.6 Å². The van der Waals surface area contributed by atoms with Crippen LogP contribution in [0.4, 0.5) is 11.4 Å². The van der Waals surface area contributed by atoms with Crippen molar-refractivity contribution in [3.8, 4) is 22.5 Å². The van der Waals surface area contributed by atoms with Gasteiger partial charge in [0.1, 0.15) is 34.6 Å². The second-order valence-electron chi connectivity index (χ2n) is 10.4. The van der Waals surface area contributed by atoms with Crippen LogP contribution < -0.4 is 19.6 Å². The Labute approximate surface area is 269 Å². The van der Waals surface area contributed by atoms with E-state index in [9.17, 15) is 21.4 Å². The van der Waals surface area contributed by atoms with Gasteiger partial charge in [-0.3, -0.25) is 4.72 Å². The van der Waals surface area contributed by atoms with Crippen molar-refractivity contribution in [2.24, 2.45) is 0 Å². The van der Waals surface area contributed by atoms with Gasteiger partial charge >= 0.3 is 0 Å². The van der Waals surface area contributed by atoms with Gasteiger partial charge < -0.3 is 13.9 Å². The van der Waals surface area contributed by atoms with Crippen molar-refractivity contribution in [3.05, 3.63) is 84.2 Å². The zero-order valence-corrected chi connectivity index (χ0v) is 28.0. The van der Waals surface area contributed by atoms with E-state index in [1.165, 1.54) is 24.3 Å². The molecule has 2 aliphatic rings. The lowest BCUT2D eigenvalue weighted by molar-refractivity contribution is 0.463. The van der Waals surface area contributed by atoms with Crippen molar-refractivity contribution in [3.63, 3.8) is 0 Å². The highest BCUT2D eigenvalue weighted by atomic mass is 32.2. The van der Waals surface area contributed by atoms with Crippen LogP contribution in [0.2, 0.25) is 0 Å². The van der Waals surface area contributed by atoms with Crippen molar-refractivity contribution < 1.29 is 25.8 Å². The molecule has 0 fully saturated rings. The third kappa shape index (κ3) is 6.60. The average molecular weight is 666 g/mol. The first-order valence-corrected chi connectivity index (χ1v) is 18.0. The zero-order chi connectivity index (χ0) is 32.5. The molecule has 0 saturated carbocycles. The molecule has 0 saturated heterocycles. The third-order valence-electron chi connectivity index (χ3n) is 7.87. The van der Waals surface area contributed by atoms with Gasteiger partial charge in [-0.2, -0.15) is 0 Å². The maximum atomic E-state index is 13.3. The molecule has 1 N–H and O–H groups in total. The molecular formula is C33H35N3O6S3. The van der Waals surface area contributed by atoms with Gasteiger partial charge in [0.25, 0.3) is 10.0 Å². The minimum atomic E-state index is -5.14. The normalized spacial score (nSPS) is 12.0. The predicted octanol–water partition coefficient (Wildman–Crippen LogP) is 5.86. The Hall–Kier alpha value is -3.84. The molecule has 3 aromatic carbocycles. The number of benzene rings is 4. The van der Waals surface area contributed by atoms with Gasteiger partial charge in [-0.05, 0) is 82.3 Å². The highest BCUT2D eigenvalue weighted by Crippen LogP contribution is 2.43. The summed E-state index contributed by atoms with van der Waals surface area (Å²) in [5.74, 6) is 0.499. The summed E-state index contributed by atoms with van der Waals surface area (Å²) in [5, 5.41) is 1.51. The minimum absolute atomic E-state index is 0.0837. The number of hydrogen-bond acceptors (Lipinski definition) is 8. The van der Waals surface area contributed by atoms with Crippen LogP contribution in [0.1, 0.15) is 27.7 Å². The summed E-state index contributed by atoms with van der Waals surface area (Å²) in [6, 6.07) is 21.2. The van der Waals surface area contributed by atoms with Crippen LogP contribution in [-0.4, -0.2) is 47.6 Å². The first-order valence-electron chi connectivity index (χ1n) is 14.7. The van der Waals surface area contributed by atoms with Gasteiger partial charge in [0.05, 0.1) is 15.9 Å². The van der Waals surface area contributed by atoms with Crippen molar-refractivity contribution in [2.45, 2.75) is 42.4 Å². The topological polar surface area (TPSA) is 123 Å². The van der Waals surface area contributed by atoms with Gasteiger partial charge in [-0.1, -0.05) is 6.07 Å². The standard InChI is InChI=1S/C33H35N3O6S3/c1-5-35(6-2)23-11-16-27-30(19-23)42-31-20-24(36(7-3)8-4)12-17-28(31)33(27)29-18-15-26(21-32(29)45(39,40)41)44(37,38)34-22-9-13-25(43)14-10-22/h9-21,34H,5-8H2,1-4H3,(H-,39,40,41,43). The number of fused-ring (bicyclic) bond motifs is 2. The summed E-state index contributed by atoms with van der Waals surface area (Å²) in [6.45, 7) is 11.3. The van der Waals surface area contributed by atoms with Crippen molar-refractivity contribution >= 4 is 55.1 Å². The molecule has 3 aromatic rings. The lowest BCUT2D eigenvalue weighted by atomic mass is 9.93. The largest absolute Gasteiger partial charge is 0.744 e. The Balaban J connectivity index is 1.80. The lowest BCUT2D eigenvalue weighted by Crippen LogP contribution is -2.29. The monoisotopic (exact) mass is 665 g/mol. The molecule has 236 valence electrons. The van der Waals surface area contributed by atoms with E-state index in [1.807, 2.05) is 36.4 Å². The van der Waals surface area contributed by atoms with Crippen molar-refractivity contribution in [2.75, 3.05) is 35.8 Å². The van der Waals surface area contributed by atoms with Crippen LogP contribution in [0.3, 0.4) is 0 Å². The van der Waals surface area contributed by atoms with E-state index in [0.717, 1.165) is 43.3 Å². The second kappa shape index (κ2) is 12.9. The molecule has 0 amide bonds. The van der Waals surface area contributed by atoms with Gasteiger partial charge in [0.2, 0.25) is 5.36 Å². The number of nitrogens with one attached hydrogen (secondary N) is 1. The molecule has 9 nitrogen and oxygen atoms in total. The van der Waals surface area contributed by atoms with Crippen LogP contribution in [0.5, 0.6) is 0 Å². The van der Waals surface area contributed by atoms with E-state index in [2.05, 4.69) is 54.5 Å². The first-order chi connectivity index (χ1) is 21.4. The van der Waals surface area contributed by atoms with E-state index in [0.29, 0.717) is 32.8 Å². The maximum absolute atomic E-state index is 13.3. The summed E-state index contributed by atoms with van der Waals surface area (Å²) in [7, 11) is -9.38. The Bertz CT molecular complexity index is 2130. The van der Waals surface area contributed by atoms with Gasteiger partial charge in [0, 0.05) is 63.6 Å². The van der Waals surface area contributed by atoms with Crippen molar-refractivity contribution in [1.82, 2.24) is 4.58 Å². The van der Waals surface area contributed by atoms with Crippen molar-refractivity contribution in [1.29, 1.82) is 0 Å². The first kappa shape index (κ1) is 32.6. The van der Waals surface area contributed by atoms with E-state index < -0.39 is 25.0 Å². The van der Waals surface area contributed by atoms with Gasteiger partial charge in [0.15, 0.2) is 0 Å². The number of anilines is 2. The second-order valence-corrected chi connectivity index (χ2v) is 14.0. The zero-order valence-electron chi connectivity index (χ0n) is 25.4. The summed E-state index contributed by atoms with van der Waals surface area (Å²) >= 11 is 4.22. The summed E-state index contributed by atoms with van der Waals surface area (Å²) in [4.78, 5) is 1.79. The Kier molecular flexibility index (Phi) is 9.31. The molecule has 1 aliphatic carbocycles. The fourth-order valence-corrected chi connectivity index (χ4v) is 7.57. The van der Waals surface area contributed by atoms with Crippen LogP contribution in [-0.2, 0) is 20.1 Å². The van der Waals surface area contributed by atoms with E-state index in [-0.39, 0.29) is 16.1 Å². The number of rotatable bonds is 10. The van der Waals surface area contributed by atoms with E-state index >= 15 is 0 Å². The molecule has 1 aliphatic heterocycles. The van der Waals surface area contributed by atoms with Crippen LogP contribution in [0, 0.1) is 0 Å². The molecule has 1 heterocycles. The molecule has 0 spiro atoms. The molecule has 45 heavy (non-hydrogen) atoms. The molecular weight excluding hydrogens is 631 g/mol. The summed E-state index contributed by atoms with van der Waals surface area (Å²) in [6.07, 6.45) is 0. The fraction of sp³-hybridized carbons (Fsp3) is 0.242. The quantitative estimate of drug-likeness (QED) is 0.0830. The predicted molar refractivity (Wildman–Crippen MR) is 181 cm³/mol. The van der Waals surface area contributed by atoms with E-state index in [1.54, 1.807) is 12.1 Å². The average Bonchev–Trinajstić information content (AvgIpc) is 3.01. The highest BCUT2D eigenvalue weighted by molar-refractivity contribution is 7.92. The smallest absolute Gasteiger partial charge is 0.261 e. The molecule has 0 radical (unpaired) electrons. The highest BCUT2D eigenvalue weighted by Gasteiger charge is 2.25. The number of sulfonamides is 1. The SMILES string of the molecule is CCN(CC)c1ccc2c(-c3ccc(S(=O)(=O)Nc4ccc(S)cc4)cc3S(=O)(=O)[O-])c3ccc(=[N+](CC)CC)cc-3oc2c1. The van der Waals surface area contributed by atoms with E-state index in [4.69, 9.17) is 4.42 Å². The Morgan fingerprint density at radius 2 is 1.49 bits per heavy atom. The molecule has 0 unspecified atom stereocenters. The van der Waals surface area contributed by atoms with Crippen LogP contribution in [0.25, 0.3) is 33.4 Å². The Morgan fingerprint density at radius 3 is 2.11 bits per heavy atom. The Morgan fingerprint density at radius 1 is 0.822 bits per heavy atom. The molecule has 0 bridgehead atoms. The fourth-order valence-electron chi connectivity index (χ4n) is 5.56. The number of hydrogen-bond donors (Lipinski definition) is 2. The van der Waals surface area contributed by atoms with Gasteiger partial charge in [-0.25, -0.2) is 21.4 Å². The van der Waals surface area contributed by atoms with Crippen LogP contribution in [0.15, 0.2) is 98.0 Å². The number of nitrogens with zero attached hydrogens (tertiary/aromatic N) is 2. The lowest BCUT2D eigenvalue weighted by Gasteiger charge is -2.23. The maximum Gasteiger partial charge on any atom is 0.261 e. The summed E-state index contributed by atoms with van der Waals surface area (Å²) < 4.78 is 76.1. The minimum Gasteiger partial charge on any atom is -0.744 e. The summed E-state index contributed by atoms with van der Waals surface area (Å²) in [5.41, 5.74) is 2.81. The number of thiol groups is 1. The molecule has 12 heteroatoms. The third-order valence-corrected chi connectivity index (χ3v) is 10.4. The molecule has 0 aromatic heterocycles. The molecule has 5 rings (SSSR count). The van der Waals surface area contributed by atoms with Gasteiger partial charge in [-0.15, -0.1) is 12.6 Å². The molecule has 0 atom stereocenters.